The van der Waals surface area contributed by atoms with Crippen molar-refractivity contribution in [1.82, 2.24) is 9.88 Å². The van der Waals surface area contributed by atoms with Gasteiger partial charge in [0.15, 0.2) is 0 Å². The van der Waals surface area contributed by atoms with Crippen molar-refractivity contribution in [1.29, 1.82) is 0 Å². The van der Waals surface area contributed by atoms with Gasteiger partial charge in [0, 0.05) is 62.0 Å². The van der Waals surface area contributed by atoms with Crippen LogP contribution in [-0.2, 0) is 28.6 Å². The highest BCUT2D eigenvalue weighted by Crippen LogP contribution is 2.49. The number of ether oxygens (including phenoxy) is 2. The Hall–Kier alpha value is -3.48. The molecule has 3 aromatic rings. The number of fused-ring (bicyclic) bond motifs is 5. The molecular formula is C44H59N3O7S. The van der Waals surface area contributed by atoms with Crippen molar-refractivity contribution < 1.29 is 31.7 Å². The van der Waals surface area contributed by atoms with Gasteiger partial charge in [-0.3, -0.25) is 23.7 Å². The van der Waals surface area contributed by atoms with Gasteiger partial charge in [-0.2, -0.15) is 8.42 Å². The van der Waals surface area contributed by atoms with Gasteiger partial charge in [0.25, 0.3) is 10.1 Å². The third kappa shape index (κ3) is 10.7. The number of carbonyl (C=O) groups is 2. The number of piperidine rings is 3. The highest BCUT2D eigenvalue weighted by atomic mass is 32.2. The van der Waals surface area contributed by atoms with Crippen molar-refractivity contribution in [2.75, 3.05) is 26.8 Å². The maximum Gasteiger partial charge on any atom is 0.297 e. The number of benzene rings is 2. The summed E-state index contributed by atoms with van der Waals surface area (Å²) in [4.78, 5) is 28.9. The lowest BCUT2D eigenvalue weighted by molar-refractivity contribution is -0.121. The molecular weight excluding hydrogens is 715 g/mol. The fourth-order valence-corrected chi connectivity index (χ4v) is 9.82. The van der Waals surface area contributed by atoms with Gasteiger partial charge >= 0.3 is 0 Å². The number of aromatic nitrogens is 1. The van der Waals surface area contributed by atoms with E-state index in [1.807, 2.05) is 25.3 Å². The zero-order valence-corrected chi connectivity index (χ0v) is 33.6. The first-order valence-electron chi connectivity index (χ1n) is 20.2. The number of nitrogens with two attached hydrogens (primary N) is 1. The molecule has 1 aromatic heterocycles. The molecule has 298 valence electrons. The fraction of sp³-hybridized carbons (Fsp3) is 0.568. The molecule has 3 saturated carbocycles. The molecule has 55 heavy (non-hydrogen) atoms. The lowest BCUT2D eigenvalue weighted by Gasteiger charge is -2.51. The Kier molecular flexibility index (Phi) is 14.0. The average Bonchev–Trinajstić information content (AvgIpc) is 3.68. The first kappa shape index (κ1) is 41.2. The Balaban J connectivity index is 0.000000143. The van der Waals surface area contributed by atoms with Crippen molar-refractivity contribution in [2.45, 2.75) is 114 Å². The van der Waals surface area contributed by atoms with Crippen LogP contribution >= 0.6 is 0 Å². The third-order valence-corrected chi connectivity index (χ3v) is 13.6. The standard InChI is InChI=1S/C20H25N3O.C13H16O4S.C6H8O.C5H10O/c1-3-13-12-23-9-7-14(13)10-19(23)20(21)16-6-8-22-18-5-4-15(24-2)11-17(16)18;1-10-2-8-13(9-3-10)18(15,16)17-12-6-4-11(14)5-7-12;7-6-2-1-4-3-5(4)6;1-5-3-2-4-6-5/h3-6,8,11,13-14,19-20H,1,7,9-10,12,21H2,2H3;2-3,8-9,12H,4-7H2,1H3;4-5H,1-3H2;5H,2-4H2,1H3/t13?,14?,19?,20-;;4-,5+;/m0.0./s1. The highest BCUT2D eigenvalue weighted by Gasteiger charge is 2.47. The number of methoxy groups -OCH3 is 1. The number of hydrogen-bond acceptors (Lipinski definition) is 10. The second-order valence-corrected chi connectivity index (χ2v) is 17.7. The second-order valence-electron chi connectivity index (χ2n) is 16.1. The van der Waals surface area contributed by atoms with Crippen molar-refractivity contribution in [3.05, 3.63) is 78.5 Å². The fourth-order valence-electron chi connectivity index (χ4n) is 8.68. The van der Waals surface area contributed by atoms with E-state index in [0.717, 1.165) is 66.6 Å². The molecule has 0 amide bonds. The van der Waals surface area contributed by atoms with Crippen LogP contribution in [0.25, 0.3) is 10.9 Å². The van der Waals surface area contributed by atoms with Gasteiger partial charge in [-0.25, -0.2) is 0 Å². The highest BCUT2D eigenvalue weighted by molar-refractivity contribution is 7.86. The van der Waals surface area contributed by atoms with Crippen molar-refractivity contribution in [3.8, 4) is 5.75 Å². The molecule has 0 radical (unpaired) electrons. The number of ketones is 2. The van der Waals surface area contributed by atoms with E-state index >= 15 is 0 Å². The molecule has 3 aliphatic carbocycles. The van der Waals surface area contributed by atoms with Crippen molar-refractivity contribution in [2.24, 2.45) is 29.4 Å². The van der Waals surface area contributed by atoms with Gasteiger partial charge in [-0.15, -0.1) is 6.58 Å². The Morgan fingerprint density at radius 1 is 0.982 bits per heavy atom. The molecule has 2 N–H and O–H groups in total. The number of pyridine rings is 1. The second kappa shape index (κ2) is 18.6. The molecule has 7 aliphatic rings. The molecule has 7 fully saturated rings. The molecule has 8 atom stereocenters. The third-order valence-electron chi connectivity index (χ3n) is 12.2. The Morgan fingerprint density at radius 2 is 1.75 bits per heavy atom. The van der Waals surface area contributed by atoms with E-state index in [2.05, 4.69) is 41.6 Å². The van der Waals surface area contributed by atoms with Crippen LogP contribution in [0.3, 0.4) is 0 Å². The summed E-state index contributed by atoms with van der Waals surface area (Å²) in [6, 6.07) is 15.0. The van der Waals surface area contributed by atoms with Gasteiger partial charge < -0.3 is 15.2 Å². The molecule has 10 nitrogen and oxygen atoms in total. The number of hydrogen-bond donors (Lipinski definition) is 1. The van der Waals surface area contributed by atoms with Crippen LogP contribution in [0, 0.1) is 30.6 Å². The van der Waals surface area contributed by atoms with Crippen molar-refractivity contribution >= 4 is 32.6 Å². The van der Waals surface area contributed by atoms with Gasteiger partial charge in [-0.05, 0) is 131 Å². The van der Waals surface area contributed by atoms with Crippen LogP contribution < -0.4 is 10.5 Å². The summed E-state index contributed by atoms with van der Waals surface area (Å²) in [6.45, 7) is 11.3. The number of rotatable bonds is 7. The maximum absolute atomic E-state index is 12.0. The minimum atomic E-state index is -3.71. The van der Waals surface area contributed by atoms with Crippen molar-refractivity contribution in [3.63, 3.8) is 0 Å². The predicted octanol–water partition coefficient (Wildman–Crippen LogP) is 7.52. The normalized spacial score (nSPS) is 28.8. The number of aryl methyl sites for hydroxylation is 1. The molecule has 5 unspecified atom stereocenters. The molecule has 4 saturated heterocycles. The van der Waals surface area contributed by atoms with Gasteiger partial charge in [0.05, 0.1) is 29.7 Å². The van der Waals surface area contributed by atoms with Gasteiger partial charge in [0.1, 0.15) is 17.3 Å². The molecule has 2 aromatic carbocycles. The Morgan fingerprint density at radius 3 is 2.27 bits per heavy atom. The smallest absolute Gasteiger partial charge is 0.297 e. The monoisotopic (exact) mass is 773 g/mol. The minimum absolute atomic E-state index is 0.00354. The van der Waals surface area contributed by atoms with Crippen LogP contribution in [0.2, 0.25) is 0 Å². The summed E-state index contributed by atoms with van der Waals surface area (Å²) >= 11 is 0. The van der Waals surface area contributed by atoms with E-state index in [1.165, 1.54) is 37.7 Å². The molecule has 11 heteroatoms. The zero-order chi connectivity index (χ0) is 39.1. The van der Waals surface area contributed by atoms with Crippen LogP contribution in [-0.4, -0.2) is 74.9 Å². The summed E-state index contributed by atoms with van der Waals surface area (Å²) in [6.07, 6.45) is 14.2. The molecule has 4 aliphatic heterocycles. The van der Waals surface area contributed by atoms with E-state index in [-0.39, 0.29) is 22.8 Å². The van der Waals surface area contributed by atoms with E-state index in [9.17, 15) is 18.0 Å². The minimum Gasteiger partial charge on any atom is -0.497 e. The lowest BCUT2D eigenvalue weighted by atomic mass is 9.73. The molecule has 2 bridgehead atoms. The SMILES string of the molecule is C=CC1CN2CCC1CC2[C@@H](N)c1ccnc2ccc(OC)cc12.CC1CCCO1.Cc1ccc(S(=O)(=O)OC2CCC(=O)CC2)cc1.O=C1CC[C@H]2C[C@@H]12. The molecule has 0 spiro atoms. The van der Waals surface area contributed by atoms with Crippen LogP contribution in [0.1, 0.15) is 94.7 Å². The number of nitrogens with zero attached hydrogens (tertiary/aromatic N) is 2. The van der Waals surface area contributed by atoms with Gasteiger partial charge in [-0.1, -0.05) is 23.8 Å². The molecule has 10 rings (SSSR count). The van der Waals surface area contributed by atoms with Crippen LogP contribution in [0.4, 0.5) is 0 Å². The van der Waals surface area contributed by atoms with E-state index in [4.69, 9.17) is 19.4 Å². The van der Waals surface area contributed by atoms with E-state index in [1.54, 1.807) is 31.4 Å². The summed E-state index contributed by atoms with van der Waals surface area (Å²) < 4.78 is 39.7. The predicted molar refractivity (Wildman–Crippen MR) is 214 cm³/mol. The van der Waals surface area contributed by atoms with E-state index in [0.29, 0.717) is 55.4 Å². The van der Waals surface area contributed by atoms with Crippen LogP contribution in [0.5, 0.6) is 5.75 Å². The largest absolute Gasteiger partial charge is 0.497 e. The summed E-state index contributed by atoms with van der Waals surface area (Å²) in [5, 5.41) is 1.10. The average molecular weight is 774 g/mol. The lowest BCUT2D eigenvalue weighted by Crippen LogP contribution is -2.56. The maximum atomic E-state index is 12.0. The quantitative estimate of drug-likeness (QED) is 0.190. The summed E-state index contributed by atoms with van der Waals surface area (Å²) in [5.41, 5.74) is 9.91. The first-order chi connectivity index (χ1) is 26.4. The zero-order valence-electron chi connectivity index (χ0n) is 32.7. The van der Waals surface area contributed by atoms with Gasteiger partial charge in [0.2, 0.25) is 0 Å². The first-order valence-corrected chi connectivity index (χ1v) is 21.6. The van der Waals surface area contributed by atoms with E-state index < -0.39 is 10.1 Å². The van der Waals surface area contributed by atoms with Crippen LogP contribution in [0.15, 0.2) is 72.3 Å². The Bertz CT molecular complexity index is 1880. The summed E-state index contributed by atoms with van der Waals surface area (Å²) in [5.74, 6) is 4.30. The Labute approximate surface area is 327 Å². The topological polar surface area (TPSA) is 138 Å². The number of Topliss-reactive ketones (excluding diaryl/α,β-unsaturated/α-hetero) is 2. The summed E-state index contributed by atoms with van der Waals surface area (Å²) in [7, 11) is -2.01. The molecule has 5 heterocycles. The number of carbonyl (C=O) groups excluding carboxylic acids is 2.